The van der Waals surface area contributed by atoms with E-state index in [1.54, 1.807) is 11.9 Å². The molecule has 2 amide bonds. The zero-order valence-corrected chi connectivity index (χ0v) is 15.4. The molecule has 138 valence electrons. The minimum atomic E-state index is -0.160. The van der Waals surface area contributed by atoms with Crippen molar-refractivity contribution in [1.82, 2.24) is 19.6 Å². The monoisotopic (exact) mass is 362 g/mol. The van der Waals surface area contributed by atoms with Crippen molar-refractivity contribution in [3.63, 3.8) is 0 Å². The first-order valence-electron chi connectivity index (χ1n) is 9.03. The molecule has 4 aromatic rings. The lowest BCUT2D eigenvalue weighted by molar-refractivity contribution is 0.188. The summed E-state index contributed by atoms with van der Waals surface area (Å²) in [5.74, 6) is 0.772. The molecule has 1 atom stereocenters. The highest BCUT2D eigenvalue weighted by atomic mass is 16.3. The number of urea groups is 1. The van der Waals surface area contributed by atoms with Crippen LogP contribution in [-0.2, 0) is 6.42 Å². The Morgan fingerprint density at radius 1 is 1.26 bits per heavy atom. The first-order chi connectivity index (χ1) is 13.1. The Morgan fingerprint density at radius 2 is 2.07 bits per heavy atom. The fourth-order valence-electron chi connectivity index (χ4n) is 3.10. The number of hydrogen-bond donors (Lipinski definition) is 1. The quantitative estimate of drug-likeness (QED) is 0.583. The van der Waals surface area contributed by atoms with E-state index in [4.69, 9.17) is 4.42 Å². The van der Waals surface area contributed by atoms with E-state index in [1.807, 2.05) is 72.2 Å². The van der Waals surface area contributed by atoms with Crippen LogP contribution in [0.3, 0.4) is 0 Å². The summed E-state index contributed by atoms with van der Waals surface area (Å²) < 4.78 is 7.85. The van der Waals surface area contributed by atoms with E-state index in [0.29, 0.717) is 13.0 Å². The zero-order valence-electron chi connectivity index (χ0n) is 15.4. The van der Waals surface area contributed by atoms with Crippen LogP contribution < -0.4 is 5.32 Å². The molecule has 0 aliphatic carbocycles. The highest BCUT2D eigenvalue weighted by Crippen LogP contribution is 2.26. The first-order valence-corrected chi connectivity index (χ1v) is 9.03. The van der Waals surface area contributed by atoms with E-state index in [1.165, 1.54) is 0 Å². The molecule has 0 bridgehead atoms. The number of carbonyl (C=O) groups excluding carboxylic acids is 1. The number of benzene rings is 1. The topological polar surface area (TPSA) is 62.8 Å². The lowest BCUT2D eigenvalue weighted by atomic mass is 10.2. The van der Waals surface area contributed by atoms with E-state index in [9.17, 15) is 4.79 Å². The summed E-state index contributed by atoms with van der Waals surface area (Å²) in [5, 5.41) is 4.00. The number of hydrogen-bond acceptors (Lipinski definition) is 3. The minimum Gasteiger partial charge on any atom is -0.459 e. The molecule has 1 N–H and O–H groups in total. The van der Waals surface area contributed by atoms with Crippen LogP contribution in [0, 0.1) is 0 Å². The Kier molecular flexibility index (Phi) is 4.54. The number of fused-ring (bicyclic) bond motifs is 2. The maximum Gasteiger partial charge on any atom is 0.317 e. The number of pyridine rings is 1. The third-order valence-electron chi connectivity index (χ3n) is 4.83. The van der Waals surface area contributed by atoms with Gasteiger partial charge in [0.15, 0.2) is 0 Å². The van der Waals surface area contributed by atoms with Gasteiger partial charge < -0.3 is 19.0 Å². The number of amides is 2. The predicted octanol–water partition coefficient (Wildman–Crippen LogP) is 4.03. The molecule has 1 aromatic carbocycles. The highest BCUT2D eigenvalue weighted by Gasteiger charge is 2.20. The summed E-state index contributed by atoms with van der Waals surface area (Å²) >= 11 is 0. The molecule has 3 heterocycles. The van der Waals surface area contributed by atoms with Gasteiger partial charge in [-0.1, -0.05) is 24.3 Å². The largest absolute Gasteiger partial charge is 0.459 e. The van der Waals surface area contributed by atoms with Gasteiger partial charge in [0.1, 0.15) is 17.0 Å². The van der Waals surface area contributed by atoms with Crippen molar-refractivity contribution < 1.29 is 9.21 Å². The number of nitrogens with zero attached hydrogens (tertiary/aromatic N) is 3. The van der Waals surface area contributed by atoms with E-state index in [2.05, 4.69) is 10.3 Å². The van der Waals surface area contributed by atoms with Crippen LogP contribution in [0.4, 0.5) is 4.79 Å². The molecule has 0 fully saturated rings. The smallest absolute Gasteiger partial charge is 0.317 e. The maximum atomic E-state index is 12.5. The van der Waals surface area contributed by atoms with Crippen LogP contribution in [0.15, 0.2) is 65.3 Å². The summed E-state index contributed by atoms with van der Waals surface area (Å²) in [7, 11) is 1.78. The number of carbonyl (C=O) groups is 1. The predicted molar refractivity (Wildman–Crippen MR) is 105 cm³/mol. The molecule has 6 heteroatoms. The molecule has 27 heavy (non-hydrogen) atoms. The van der Waals surface area contributed by atoms with E-state index >= 15 is 0 Å². The molecule has 0 saturated carbocycles. The van der Waals surface area contributed by atoms with E-state index in [0.717, 1.165) is 28.1 Å². The number of para-hydroxylation sites is 1. The molecule has 6 nitrogen and oxygen atoms in total. The van der Waals surface area contributed by atoms with Gasteiger partial charge in [0.25, 0.3) is 0 Å². The number of rotatable bonds is 5. The second-order valence-electron chi connectivity index (χ2n) is 6.65. The zero-order chi connectivity index (χ0) is 18.8. The average molecular weight is 362 g/mol. The number of furan rings is 1. The molecule has 0 aliphatic rings. The van der Waals surface area contributed by atoms with Crippen molar-refractivity contribution in [3.8, 4) is 0 Å². The second kappa shape index (κ2) is 7.15. The van der Waals surface area contributed by atoms with Crippen LogP contribution in [0.1, 0.15) is 24.4 Å². The van der Waals surface area contributed by atoms with Gasteiger partial charge in [-0.3, -0.25) is 0 Å². The Balaban J connectivity index is 1.35. The standard InChI is InChI=1S/C21H22N4O2/c1-15(19-13-16-7-3-4-8-18(16)27-19)24(2)21(26)22-11-10-17-14-25-12-6-5-9-20(25)23-17/h3-9,12-15H,10-11H2,1-2H3,(H,22,26). The summed E-state index contributed by atoms with van der Waals surface area (Å²) in [6, 6.07) is 15.4. The molecule has 3 aromatic heterocycles. The summed E-state index contributed by atoms with van der Waals surface area (Å²) in [5.41, 5.74) is 2.70. The lowest BCUT2D eigenvalue weighted by Gasteiger charge is -2.23. The Bertz CT molecular complexity index is 1020. The van der Waals surface area contributed by atoms with Crippen LogP contribution in [-0.4, -0.2) is 33.9 Å². The normalized spacial score (nSPS) is 12.4. The van der Waals surface area contributed by atoms with Gasteiger partial charge in [0.2, 0.25) is 0 Å². The molecule has 1 unspecified atom stereocenters. The Hall–Kier alpha value is -3.28. The van der Waals surface area contributed by atoms with E-state index < -0.39 is 0 Å². The summed E-state index contributed by atoms with van der Waals surface area (Å²) in [6.45, 7) is 2.49. The summed E-state index contributed by atoms with van der Waals surface area (Å²) in [6.07, 6.45) is 4.63. The van der Waals surface area contributed by atoms with Gasteiger partial charge in [0, 0.05) is 37.8 Å². The van der Waals surface area contributed by atoms with Crippen LogP contribution >= 0.6 is 0 Å². The van der Waals surface area contributed by atoms with Gasteiger partial charge in [0.05, 0.1) is 11.7 Å². The van der Waals surface area contributed by atoms with Gasteiger partial charge >= 0.3 is 6.03 Å². The van der Waals surface area contributed by atoms with Crippen molar-refractivity contribution in [3.05, 3.63) is 72.4 Å². The summed E-state index contributed by atoms with van der Waals surface area (Å²) in [4.78, 5) is 18.7. The first kappa shape index (κ1) is 17.1. The molecule has 4 rings (SSSR count). The van der Waals surface area contributed by atoms with Crippen LogP contribution in [0.25, 0.3) is 16.6 Å². The Morgan fingerprint density at radius 3 is 2.89 bits per heavy atom. The number of nitrogens with one attached hydrogen (secondary N) is 1. The van der Waals surface area contributed by atoms with Gasteiger partial charge in [-0.05, 0) is 31.2 Å². The second-order valence-corrected chi connectivity index (χ2v) is 6.65. The SMILES string of the molecule is CC(c1cc2ccccc2o1)N(C)C(=O)NCCc1cn2ccccc2n1. The Labute approximate surface area is 157 Å². The lowest BCUT2D eigenvalue weighted by Crippen LogP contribution is -2.39. The van der Waals surface area contributed by atoms with Crippen LogP contribution in [0.5, 0.6) is 0 Å². The van der Waals surface area contributed by atoms with Crippen molar-refractivity contribution in [2.75, 3.05) is 13.6 Å². The molecular formula is C21H22N4O2. The van der Waals surface area contributed by atoms with Gasteiger partial charge in [-0.2, -0.15) is 0 Å². The van der Waals surface area contributed by atoms with E-state index in [-0.39, 0.29) is 12.1 Å². The fourth-order valence-corrected chi connectivity index (χ4v) is 3.10. The van der Waals surface area contributed by atoms with Crippen molar-refractivity contribution in [2.24, 2.45) is 0 Å². The van der Waals surface area contributed by atoms with Crippen molar-refractivity contribution in [1.29, 1.82) is 0 Å². The number of aromatic nitrogens is 2. The highest BCUT2D eigenvalue weighted by molar-refractivity contribution is 5.78. The molecule has 0 aliphatic heterocycles. The maximum absolute atomic E-state index is 12.5. The van der Waals surface area contributed by atoms with Crippen molar-refractivity contribution >= 4 is 22.6 Å². The molecular weight excluding hydrogens is 340 g/mol. The van der Waals surface area contributed by atoms with Gasteiger partial charge in [-0.25, -0.2) is 9.78 Å². The third-order valence-corrected chi connectivity index (χ3v) is 4.83. The van der Waals surface area contributed by atoms with Crippen LogP contribution in [0.2, 0.25) is 0 Å². The minimum absolute atomic E-state index is 0.133. The van der Waals surface area contributed by atoms with Crippen molar-refractivity contribution in [2.45, 2.75) is 19.4 Å². The fraction of sp³-hybridized carbons (Fsp3) is 0.238. The third kappa shape index (κ3) is 3.51. The molecule has 0 radical (unpaired) electrons. The average Bonchev–Trinajstić information content (AvgIpc) is 3.30. The molecule has 0 spiro atoms. The van der Waals surface area contributed by atoms with Gasteiger partial charge in [-0.15, -0.1) is 0 Å². The molecule has 0 saturated heterocycles. The number of imidazole rings is 1.